The highest BCUT2D eigenvalue weighted by Gasteiger charge is 2.53. The normalized spacial score (nSPS) is 40.5. The van der Waals surface area contributed by atoms with Gasteiger partial charge in [-0.25, -0.2) is 4.79 Å². The van der Waals surface area contributed by atoms with E-state index >= 15 is 0 Å². The SMILES string of the molecule is C=C1CCC2OC2(C)CCC2C(=CC=CCC)C(=O)OCC12. The Balaban J connectivity index is 1.87. The zero-order valence-corrected chi connectivity index (χ0v) is 13.6. The fraction of sp³-hybridized carbons (Fsp3) is 0.632. The summed E-state index contributed by atoms with van der Waals surface area (Å²) in [6, 6.07) is 0. The third kappa shape index (κ3) is 2.91. The molecule has 0 aromatic carbocycles. The third-order valence-electron chi connectivity index (χ3n) is 5.40. The second kappa shape index (κ2) is 6.04. The minimum atomic E-state index is -0.160. The Morgan fingerprint density at radius 2 is 2.18 bits per heavy atom. The molecule has 0 bridgehead atoms. The largest absolute Gasteiger partial charge is 0.462 e. The van der Waals surface area contributed by atoms with E-state index in [2.05, 4.69) is 26.5 Å². The summed E-state index contributed by atoms with van der Waals surface area (Å²) in [7, 11) is 0. The van der Waals surface area contributed by atoms with Crippen molar-refractivity contribution in [2.24, 2.45) is 11.8 Å². The molecule has 3 nitrogen and oxygen atoms in total. The van der Waals surface area contributed by atoms with E-state index in [0.717, 1.165) is 37.7 Å². The lowest BCUT2D eigenvalue weighted by atomic mass is 9.76. The molecule has 0 radical (unpaired) electrons. The van der Waals surface area contributed by atoms with Gasteiger partial charge in [0.25, 0.3) is 0 Å². The van der Waals surface area contributed by atoms with Crippen LogP contribution in [0.1, 0.15) is 46.0 Å². The highest BCUT2D eigenvalue weighted by molar-refractivity contribution is 5.90. The smallest absolute Gasteiger partial charge is 0.334 e. The van der Waals surface area contributed by atoms with Gasteiger partial charge in [0, 0.05) is 17.4 Å². The van der Waals surface area contributed by atoms with E-state index < -0.39 is 0 Å². The Morgan fingerprint density at radius 1 is 1.36 bits per heavy atom. The van der Waals surface area contributed by atoms with Crippen LogP contribution in [0.5, 0.6) is 0 Å². The summed E-state index contributed by atoms with van der Waals surface area (Å²) in [4.78, 5) is 12.2. The first-order valence-electron chi connectivity index (χ1n) is 8.44. The zero-order chi connectivity index (χ0) is 15.7. The average Bonchev–Trinajstić information content (AvgIpc) is 3.14. The Labute approximate surface area is 133 Å². The van der Waals surface area contributed by atoms with Crippen LogP contribution in [0.3, 0.4) is 0 Å². The van der Waals surface area contributed by atoms with E-state index in [-0.39, 0.29) is 23.4 Å². The Kier molecular flexibility index (Phi) is 4.26. The maximum atomic E-state index is 12.2. The van der Waals surface area contributed by atoms with Crippen LogP contribution in [-0.2, 0) is 14.3 Å². The number of hydrogen-bond donors (Lipinski definition) is 0. The Bertz CT molecular complexity index is 531. The minimum Gasteiger partial charge on any atom is -0.462 e. The first-order chi connectivity index (χ1) is 10.5. The molecular weight excluding hydrogens is 276 g/mol. The van der Waals surface area contributed by atoms with Crippen molar-refractivity contribution in [1.82, 2.24) is 0 Å². The van der Waals surface area contributed by atoms with Crippen molar-refractivity contribution < 1.29 is 14.3 Å². The summed E-state index contributed by atoms with van der Waals surface area (Å²) >= 11 is 0. The molecule has 3 aliphatic rings. The molecule has 4 unspecified atom stereocenters. The number of allylic oxidation sites excluding steroid dienone is 3. The number of esters is 1. The van der Waals surface area contributed by atoms with Gasteiger partial charge in [-0.05, 0) is 39.0 Å². The molecule has 0 aromatic rings. The summed E-state index contributed by atoms with van der Waals surface area (Å²) in [6.07, 6.45) is 11.3. The van der Waals surface area contributed by atoms with Gasteiger partial charge in [-0.15, -0.1) is 0 Å². The predicted octanol–water partition coefficient (Wildman–Crippen LogP) is 3.96. The molecule has 2 saturated heterocycles. The molecule has 120 valence electrons. The first-order valence-corrected chi connectivity index (χ1v) is 8.44. The predicted molar refractivity (Wildman–Crippen MR) is 86.3 cm³/mol. The second-order valence-corrected chi connectivity index (χ2v) is 6.92. The maximum Gasteiger partial charge on any atom is 0.334 e. The van der Waals surface area contributed by atoms with Crippen molar-refractivity contribution in [1.29, 1.82) is 0 Å². The highest BCUT2D eigenvalue weighted by atomic mass is 16.6. The first kappa shape index (κ1) is 15.5. The lowest BCUT2D eigenvalue weighted by molar-refractivity contribution is -0.144. The molecular formula is C19H26O3. The van der Waals surface area contributed by atoms with Gasteiger partial charge in [0.2, 0.25) is 0 Å². The van der Waals surface area contributed by atoms with E-state index in [9.17, 15) is 4.79 Å². The summed E-state index contributed by atoms with van der Waals surface area (Å²) in [5, 5.41) is 0. The lowest BCUT2D eigenvalue weighted by Crippen LogP contribution is -2.34. The molecule has 0 amide bonds. The number of fused-ring (bicyclic) bond motifs is 2. The summed E-state index contributed by atoms with van der Waals surface area (Å²) in [5.41, 5.74) is 2.04. The molecule has 0 aromatic heterocycles. The molecule has 3 heteroatoms. The van der Waals surface area contributed by atoms with Crippen molar-refractivity contribution >= 4 is 5.97 Å². The lowest BCUT2D eigenvalue weighted by Gasteiger charge is -2.34. The van der Waals surface area contributed by atoms with Gasteiger partial charge in [-0.1, -0.05) is 37.3 Å². The van der Waals surface area contributed by atoms with Crippen LogP contribution in [0.4, 0.5) is 0 Å². The van der Waals surface area contributed by atoms with Crippen molar-refractivity contribution in [3.63, 3.8) is 0 Å². The van der Waals surface area contributed by atoms with E-state index in [1.165, 1.54) is 5.57 Å². The summed E-state index contributed by atoms with van der Waals surface area (Å²) in [5.74, 6) is 0.322. The number of ether oxygens (including phenoxy) is 2. The number of rotatable bonds is 2. The fourth-order valence-corrected chi connectivity index (χ4v) is 3.81. The molecule has 3 fully saturated rings. The number of cyclic esters (lactones) is 1. The van der Waals surface area contributed by atoms with Gasteiger partial charge in [0.1, 0.15) is 0 Å². The van der Waals surface area contributed by atoms with Gasteiger partial charge in [-0.2, -0.15) is 0 Å². The monoisotopic (exact) mass is 302 g/mol. The van der Waals surface area contributed by atoms with Crippen LogP contribution in [-0.4, -0.2) is 24.3 Å². The van der Waals surface area contributed by atoms with E-state index in [1.54, 1.807) is 0 Å². The molecule has 0 N–H and O–H groups in total. The van der Waals surface area contributed by atoms with E-state index in [4.69, 9.17) is 9.47 Å². The number of hydrogen-bond acceptors (Lipinski definition) is 3. The van der Waals surface area contributed by atoms with Gasteiger partial charge in [-0.3, -0.25) is 0 Å². The van der Waals surface area contributed by atoms with Crippen LogP contribution in [0.2, 0.25) is 0 Å². The van der Waals surface area contributed by atoms with Gasteiger partial charge in [0.15, 0.2) is 0 Å². The topological polar surface area (TPSA) is 38.8 Å². The fourth-order valence-electron chi connectivity index (χ4n) is 3.81. The second-order valence-electron chi connectivity index (χ2n) is 6.92. The Morgan fingerprint density at radius 3 is 2.95 bits per heavy atom. The number of carbonyl (C=O) groups is 1. The van der Waals surface area contributed by atoms with E-state index in [1.807, 2.05) is 12.2 Å². The molecule has 3 rings (SSSR count). The van der Waals surface area contributed by atoms with Crippen LogP contribution in [0.15, 0.2) is 36.0 Å². The highest BCUT2D eigenvalue weighted by Crippen LogP contribution is 2.49. The van der Waals surface area contributed by atoms with Crippen molar-refractivity contribution in [2.45, 2.75) is 57.7 Å². The molecule has 22 heavy (non-hydrogen) atoms. The molecule has 0 spiro atoms. The molecule has 2 aliphatic heterocycles. The average molecular weight is 302 g/mol. The van der Waals surface area contributed by atoms with Crippen molar-refractivity contribution in [2.75, 3.05) is 6.61 Å². The minimum absolute atomic E-state index is 0.0148. The van der Waals surface area contributed by atoms with Gasteiger partial charge >= 0.3 is 5.97 Å². The van der Waals surface area contributed by atoms with E-state index in [0.29, 0.717) is 12.7 Å². The molecule has 1 aliphatic carbocycles. The Hall–Kier alpha value is -1.35. The van der Waals surface area contributed by atoms with Crippen LogP contribution in [0.25, 0.3) is 0 Å². The third-order valence-corrected chi connectivity index (χ3v) is 5.40. The van der Waals surface area contributed by atoms with Crippen molar-refractivity contribution in [3.8, 4) is 0 Å². The zero-order valence-electron chi connectivity index (χ0n) is 13.6. The standard InChI is InChI=1S/C19H26O3/c1-4-5-6-7-15-14-10-11-19(3)17(22-19)9-8-13(2)16(14)12-21-18(15)20/h5-7,14,16-17H,2,4,8-12H2,1,3H3. The van der Waals surface area contributed by atoms with Crippen LogP contribution in [0, 0.1) is 11.8 Å². The number of carbonyl (C=O) groups excluding carboxylic acids is 1. The summed E-state index contributed by atoms with van der Waals surface area (Å²) < 4.78 is 11.3. The molecule has 1 saturated carbocycles. The van der Waals surface area contributed by atoms with Gasteiger partial charge in [0.05, 0.1) is 18.3 Å². The molecule has 4 atom stereocenters. The maximum absolute atomic E-state index is 12.2. The molecule has 2 heterocycles. The van der Waals surface area contributed by atoms with Crippen molar-refractivity contribution in [3.05, 3.63) is 36.0 Å². The summed E-state index contributed by atoms with van der Waals surface area (Å²) in [6.45, 7) is 9.05. The van der Waals surface area contributed by atoms with Crippen LogP contribution >= 0.6 is 0 Å². The number of epoxide rings is 1. The van der Waals surface area contributed by atoms with Crippen LogP contribution < -0.4 is 0 Å². The van der Waals surface area contributed by atoms with Gasteiger partial charge < -0.3 is 9.47 Å². The quantitative estimate of drug-likeness (QED) is 0.335.